The van der Waals surface area contributed by atoms with Crippen LogP contribution in [0.5, 0.6) is 0 Å². The van der Waals surface area contributed by atoms with Crippen LogP contribution >= 0.6 is 0 Å². The number of rotatable bonds is 5. The molecule has 0 saturated heterocycles. The van der Waals surface area contributed by atoms with E-state index in [0.717, 1.165) is 30.5 Å². The van der Waals surface area contributed by atoms with Crippen molar-refractivity contribution in [2.45, 2.75) is 65.3 Å². The minimum Gasteiger partial charge on any atom is -0.356 e. The van der Waals surface area contributed by atoms with Gasteiger partial charge in [0.25, 0.3) is 0 Å². The average Bonchev–Trinajstić information content (AvgIpc) is 2.77. The molecule has 3 nitrogen and oxygen atoms in total. The van der Waals surface area contributed by atoms with E-state index in [2.05, 4.69) is 41.8 Å². The van der Waals surface area contributed by atoms with Gasteiger partial charge in [0.15, 0.2) is 0 Å². The highest BCUT2D eigenvalue weighted by Crippen LogP contribution is 2.35. The summed E-state index contributed by atoms with van der Waals surface area (Å²) in [6.07, 6.45) is 10.1. The molecule has 1 aliphatic carbocycles. The zero-order chi connectivity index (χ0) is 13.0. The fourth-order valence-corrected chi connectivity index (χ4v) is 2.99. The molecule has 0 aromatic carbocycles. The fraction of sp³-hybridized carbons (Fsp3) is 0.800. The summed E-state index contributed by atoms with van der Waals surface area (Å²) in [7, 11) is 0. The molecule has 102 valence electrons. The normalized spacial score (nSPS) is 24.2. The van der Waals surface area contributed by atoms with E-state index in [0.29, 0.717) is 6.04 Å². The van der Waals surface area contributed by atoms with Crippen LogP contribution in [0, 0.1) is 12.8 Å². The van der Waals surface area contributed by atoms with E-state index in [1.54, 1.807) is 0 Å². The Labute approximate surface area is 111 Å². The van der Waals surface area contributed by atoms with Crippen molar-refractivity contribution in [3.8, 4) is 0 Å². The molecule has 1 N–H and O–H groups in total. The van der Waals surface area contributed by atoms with E-state index in [-0.39, 0.29) is 0 Å². The number of hydrogen-bond acceptors (Lipinski definition) is 2. The molecule has 0 radical (unpaired) electrons. The zero-order valence-electron chi connectivity index (χ0n) is 12.1. The Balaban J connectivity index is 2.03. The van der Waals surface area contributed by atoms with Gasteiger partial charge in [-0.1, -0.05) is 20.3 Å². The van der Waals surface area contributed by atoms with Gasteiger partial charge in [0, 0.05) is 18.8 Å². The lowest BCUT2D eigenvalue weighted by molar-refractivity contribution is 0.271. The van der Waals surface area contributed by atoms with E-state index < -0.39 is 0 Å². The van der Waals surface area contributed by atoms with Crippen LogP contribution in [0.1, 0.15) is 64.1 Å². The first-order chi connectivity index (χ1) is 8.74. The van der Waals surface area contributed by atoms with Crippen LogP contribution in [-0.2, 0) is 0 Å². The first-order valence-electron chi connectivity index (χ1n) is 7.53. The highest BCUT2D eigenvalue weighted by molar-refractivity contribution is 5.29. The summed E-state index contributed by atoms with van der Waals surface area (Å²) in [5.41, 5.74) is 1.13. The largest absolute Gasteiger partial charge is 0.356 e. The number of aromatic nitrogens is 2. The number of imidazole rings is 1. The highest BCUT2D eigenvalue weighted by Gasteiger charge is 2.23. The van der Waals surface area contributed by atoms with Gasteiger partial charge in [-0.2, -0.15) is 0 Å². The summed E-state index contributed by atoms with van der Waals surface area (Å²) in [4.78, 5) is 4.61. The van der Waals surface area contributed by atoms with Crippen LogP contribution in [0.4, 0.5) is 5.95 Å². The Kier molecular flexibility index (Phi) is 4.67. The summed E-state index contributed by atoms with van der Waals surface area (Å²) in [6.45, 7) is 7.62. The van der Waals surface area contributed by atoms with Crippen molar-refractivity contribution >= 4 is 5.95 Å². The molecule has 3 heteroatoms. The Bertz CT molecular complexity index is 362. The van der Waals surface area contributed by atoms with Crippen molar-refractivity contribution in [2.24, 2.45) is 5.92 Å². The van der Waals surface area contributed by atoms with Crippen LogP contribution in [0.2, 0.25) is 0 Å². The fourth-order valence-electron chi connectivity index (χ4n) is 2.99. The molecule has 1 aromatic heterocycles. The Morgan fingerprint density at radius 1 is 1.28 bits per heavy atom. The van der Waals surface area contributed by atoms with Gasteiger partial charge >= 0.3 is 0 Å². The minimum atomic E-state index is 0.661. The first-order valence-corrected chi connectivity index (χ1v) is 7.53. The third-order valence-electron chi connectivity index (χ3n) is 4.17. The lowest BCUT2D eigenvalue weighted by Gasteiger charge is -2.29. The second-order valence-electron chi connectivity index (χ2n) is 5.62. The second-order valence-corrected chi connectivity index (χ2v) is 5.62. The predicted molar refractivity (Wildman–Crippen MR) is 77.0 cm³/mol. The van der Waals surface area contributed by atoms with Crippen molar-refractivity contribution in [1.29, 1.82) is 0 Å². The van der Waals surface area contributed by atoms with Gasteiger partial charge in [-0.3, -0.25) is 0 Å². The molecule has 2 rings (SSSR count). The lowest BCUT2D eigenvalue weighted by Crippen LogP contribution is -2.19. The van der Waals surface area contributed by atoms with Crippen LogP contribution in [-0.4, -0.2) is 16.1 Å². The van der Waals surface area contributed by atoms with E-state index >= 15 is 0 Å². The number of nitrogens with zero attached hydrogens (tertiary/aromatic N) is 2. The molecule has 1 saturated carbocycles. The van der Waals surface area contributed by atoms with Crippen LogP contribution in [0.25, 0.3) is 0 Å². The Hall–Kier alpha value is -0.990. The van der Waals surface area contributed by atoms with Crippen LogP contribution in [0.15, 0.2) is 6.20 Å². The number of hydrogen-bond donors (Lipinski definition) is 1. The topological polar surface area (TPSA) is 29.9 Å². The summed E-state index contributed by atoms with van der Waals surface area (Å²) in [6, 6.07) is 0.661. The lowest BCUT2D eigenvalue weighted by atomic mass is 9.84. The van der Waals surface area contributed by atoms with Gasteiger partial charge in [0.1, 0.15) is 0 Å². The molecular weight excluding hydrogens is 222 g/mol. The maximum Gasteiger partial charge on any atom is 0.203 e. The molecule has 0 atom stereocenters. The maximum absolute atomic E-state index is 4.61. The molecule has 1 aliphatic rings. The van der Waals surface area contributed by atoms with Gasteiger partial charge in [-0.05, 0) is 44.9 Å². The minimum absolute atomic E-state index is 0.661. The Morgan fingerprint density at radius 3 is 2.61 bits per heavy atom. The van der Waals surface area contributed by atoms with E-state index in [1.807, 2.05) is 0 Å². The molecule has 0 unspecified atom stereocenters. The molecule has 1 heterocycles. The monoisotopic (exact) mass is 249 g/mol. The Morgan fingerprint density at radius 2 is 2.00 bits per heavy atom. The van der Waals surface area contributed by atoms with Gasteiger partial charge < -0.3 is 9.88 Å². The van der Waals surface area contributed by atoms with Crippen LogP contribution in [0.3, 0.4) is 0 Å². The molecule has 0 amide bonds. The number of nitrogens with one attached hydrogen (secondary N) is 1. The van der Waals surface area contributed by atoms with E-state index in [9.17, 15) is 0 Å². The van der Waals surface area contributed by atoms with E-state index in [4.69, 9.17) is 0 Å². The summed E-state index contributed by atoms with van der Waals surface area (Å²) in [5, 5.41) is 3.46. The average molecular weight is 249 g/mol. The highest BCUT2D eigenvalue weighted by atomic mass is 15.2. The zero-order valence-corrected chi connectivity index (χ0v) is 12.1. The smallest absolute Gasteiger partial charge is 0.203 e. The summed E-state index contributed by atoms with van der Waals surface area (Å²) in [5.74, 6) is 2.03. The molecule has 1 fully saturated rings. The quantitative estimate of drug-likeness (QED) is 0.849. The summed E-state index contributed by atoms with van der Waals surface area (Å²) < 4.78 is 2.39. The third-order valence-corrected chi connectivity index (χ3v) is 4.17. The second kappa shape index (κ2) is 6.26. The molecular formula is C15H27N3. The first kappa shape index (κ1) is 13.4. The number of aryl methyl sites for hydroxylation is 1. The van der Waals surface area contributed by atoms with Crippen molar-refractivity contribution in [3.63, 3.8) is 0 Å². The van der Waals surface area contributed by atoms with Crippen molar-refractivity contribution in [3.05, 3.63) is 11.9 Å². The maximum atomic E-state index is 4.61. The molecule has 0 aliphatic heterocycles. The molecule has 0 bridgehead atoms. The predicted octanol–water partition coefficient (Wildman–Crippen LogP) is 4.15. The van der Waals surface area contributed by atoms with Gasteiger partial charge in [-0.15, -0.1) is 0 Å². The van der Waals surface area contributed by atoms with Crippen molar-refractivity contribution in [1.82, 2.24) is 9.55 Å². The third kappa shape index (κ3) is 3.06. The standard InChI is InChI=1S/C15H27N3/c1-4-10-16-15-17-12(3)11-18(15)14-8-6-13(5-2)7-9-14/h11,13-14H,4-10H2,1-3H3,(H,16,17). The van der Waals surface area contributed by atoms with Gasteiger partial charge in [0.2, 0.25) is 5.95 Å². The van der Waals surface area contributed by atoms with Crippen molar-refractivity contribution in [2.75, 3.05) is 11.9 Å². The van der Waals surface area contributed by atoms with Crippen LogP contribution < -0.4 is 5.32 Å². The van der Waals surface area contributed by atoms with Gasteiger partial charge in [-0.25, -0.2) is 4.98 Å². The van der Waals surface area contributed by atoms with Crippen molar-refractivity contribution < 1.29 is 0 Å². The number of anilines is 1. The molecule has 0 spiro atoms. The molecule has 1 aromatic rings. The SMILES string of the molecule is CCCNc1nc(C)cn1C1CCC(CC)CC1. The molecule has 18 heavy (non-hydrogen) atoms. The van der Waals surface area contributed by atoms with Gasteiger partial charge in [0.05, 0.1) is 5.69 Å². The van der Waals surface area contributed by atoms with E-state index in [1.165, 1.54) is 32.1 Å². The summed E-state index contributed by atoms with van der Waals surface area (Å²) >= 11 is 0.